The molecule has 0 aliphatic heterocycles. The van der Waals surface area contributed by atoms with Crippen molar-refractivity contribution in [3.05, 3.63) is 43.0 Å². The van der Waals surface area contributed by atoms with Crippen LogP contribution in [0.2, 0.25) is 0 Å². The van der Waals surface area contributed by atoms with Gasteiger partial charge < -0.3 is 9.88 Å². The Morgan fingerprint density at radius 2 is 2.21 bits per heavy atom. The number of benzene rings is 1. The van der Waals surface area contributed by atoms with Gasteiger partial charge >= 0.3 is 0 Å². The molecule has 3 heteroatoms. The molecule has 3 nitrogen and oxygen atoms in total. The van der Waals surface area contributed by atoms with Crippen molar-refractivity contribution in [1.82, 2.24) is 9.55 Å². The molecule has 0 bridgehead atoms. The molecular formula is C16H23N3. The molecule has 0 spiro atoms. The van der Waals surface area contributed by atoms with Gasteiger partial charge in [0.2, 0.25) is 0 Å². The first kappa shape index (κ1) is 13.7. The van der Waals surface area contributed by atoms with Crippen molar-refractivity contribution in [3.8, 4) is 5.69 Å². The predicted molar refractivity (Wildman–Crippen MR) is 80.8 cm³/mol. The molecule has 0 fully saturated rings. The van der Waals surface area contributed by atoms with Crippen LogP contribution < -0.4 is 5.32 Å². The topological polar surface area (TPSA) is 29.9 Å². The van der Waals surface area contributed by atoms with Crippen molar-refractivity contribution < 1.29 is 0 Å². The Bertz CT molecular complexity index is 476. The number of anilines is 1. The van der Waals surface area contributed by atoms with E-state index in [1.54, 1.807) is 6.20 Å². The standard InChI is InChI=1S/C16H23N3/c1-3-5-7-14(4-2)18-15-8-6-9-16(12-15)19-11-10-17-13-19/h6,8-14,18H,3-5,7H2,1-2H3. The van der Waals surface area contributed by atoms with Crippen molar-refractivity contribution in [3.63, 3.8) is 0 Å². The number of unbranched alkanes of at least 4 members (excludes halogenated alkanes) is 1. The van der Waals surface area contributed by atoms with Gasteiger partial charge in [0.15, 0.2) is 0 Å². The van der Waals surface area contributed by atoms with Gasteiger partial charge in [0.25, 0.3) is 0 Å². The Labute approximate surface area is 115 Å². The van der Waals surface area contributed by atoms with E-state index in [0.717, 1.165) is 12.1 Å². The maximum Gasteiger partial charge on any atom is 0.0991 e. The van der Waals surface area contributed by atoms with Crippen LogP contribution in [0.1, 0.15) is 39.5 Å². The third-order valence-electron chi connectivity index (χ3n) is 3.42. The summed E-state index contributed by atoms with van der Waals surface area (Å²) in [6.07, 6.45) is 10.5. The van der Waals surface area contributed by atoms with Crippen molar-refractivity contribution in [1.29, 1.82) is 0 Å². The minimum Gasteiger partial charge on any atom is -0.382 e. The van der Waals surface area contributed by atoms with E-state index in [1.165, 1.54) is 24.9 Å². The second kappa shape index (κ2) is 6.98. The van der Waals surface area contributed by atoms with Crippen molar-refractivity contribution in [2.24, 2.45) is 0 Å². The maximum absolute atomic E-state index is 4.09. The fourth-order valence-electron chi connectivity index (χ4n) is 2.23. The summed E-state index contributed by atoms with van der Waals surface area (Å²) in [5, 5.41) is 3.63. The molecule has 0 radical (unpaired) electrons. The first-order valence-electron chi connectivity index (χ1n) is 7.18. The van der Waals surface area contributed by atoms with Crippen LogP contribution in [-0.2, 0) is 0 Å². The maximum atomic E-state index is 4.09. The monoisotopic (exact) mass is 257 g/mol. The summed E-state index contributed by atoms with van der Waals surface area (Å²) in [5.74, 6) is 0. The summed E-state index contributed by atoms with van der Waals surface area (Å²) >= 11 is 0. The van der Waals surface area contributed by atoms with E-state index < -0.39 is 0 Å². The van der Waals surface area contributed by atoms with Crippen LogP contribution in [0.5, 0.6) is 0 Å². The Morgan fingerprint density at radius 1 is 1.32 bits per heavy atom. The zero-order chi connectivity index (χ0) is 13.5. The molecule has 1 atom stereocenters. The molecule has 0 amide bonds. The van der Waals surface area contributed by atoms with E-state index in [9.17, 15) is 0 Å². The van der Waals surface area contributed by atoms with E-state index in [2.05, 4.69) is 48.4 Å². The highest BCUT2D eigenvalue weighted by molar-refractivity contribution is 5.51. The average Bonchev–Trinajstić information content (AvgIpc) is 2.98. The van der Waals surface area contributed by atoms with Crippen LogP contribution in [0.25, 0.3) is 5.69 Å². The summed E-state index contributed by atoms with van der Waals surface area (Å²) in [5.41, 5.74) is 2.34. The molecule has 1 unspecified atom stereocenters. The molecule has 1 aromatic carbocycles. The highest BCUT2D eigenvalue weighted by Gasteiger charge is 2.06. The van der Waals surface area contributed by atoms with Crippen LogP contribution in [-0.4, -0.2) is 15.6 Å². The summed E-state index contributed by atoms with van der Waals surface area (Å²) in [7, 11) is 0. The highest BCUT2D eigenvalue weighted by Crippen LogP contribution is 2.17. The van der Waals surface area contributed by atoms with Crippen LogP contribution in [0.3, 0.4) is 0 Å². The van der Waals surface area contributed by atoms with Gasteiger partial charge in [-0.1, -0.05) is 32.8 Å². The molecule has 19 heavy (non-hydrogen) atoms. The van der Waals surface area contributed by atoms with Gasteiger partial charge in [0, 0.05) is 29.8 Å². The molecule has 0 saturated heterocycles. The Hall–Kier alpha value is -1.77. The summed E-state index contributed by atoms with van der Waals surface area (Å²) < 4.78 is 2.03. The molecule has 0 aliphatic carbocycles. The molecule has 2 rings (SSSR count). The molecule has 102 valence electrons. The lowest BCUT2D eigenvalue weighted by atomic mass is 10.1. The van der Waals surface area contributed by atoms with Crippen LogP contribution >= 0.6 is 0 Å². The fourth-order valence-corrected chi connectivity index (χ4v) is 2.23. The highest BCUT2D eigenvalue weighted by atomic mass is 15.0. The fraction of sp³-hybridized carbons (Fsp3) is 0.438. The minimum atomic E-state index is 0.568. The van der Waals surface area contributed by atoms with Crippen molar-refractivity contribution in [2.75, 3.05) is 5.32 Å². The molecule has 0 saturated carbocycles. The van der Waals surface area contributed by atoms with Crippen molar-refractivity contribution in [2.45, 2.75) is 45.6 Å². The second-order valence-corrected chi connectivity index (χ2v) is 4.91. The van der Waals surface area contributed by atoms with Gasteiger partial charge in [0.1, 0.15) is 0 Å². The number of imidazole rings is 1. The lowest BCUT2D eigenvalue weighted by Gasteiger charge is -2.18. The van der Waals surface area contributed by atoms with Gasteiger partial charge in [-0.2, -0.15) is 0 Å². The summed E-state index contributed by atoms with van der Waals surface area (Å²) in [6, 6.07) is 9.06. The molecular weight excluding hydrogens is 234 g/mol. The zero-order valence-corrected chi connectivity index (χ0v) is 11.8. The molecule has 1 aromatic heterocycles. The van der Waals surface area contributed by atoms with Crippen LogP contribution in [0, 0.1) is 0 Å². The molecule has 0 aliphatic rings. The van der Waals surface area contributed by atoms with E-state index in [1.807, 2.05) is 17.1 Å². The van der Waals surface area contributed by atoms with E-state index in [-0.39, 0.29) is 0 Å². The van der Waals surface area contributed by atoms with Gasteiger partial charge in [-0.15, -0.1) is 0 Å². The lowest BCUT2D eigenvalue weighted by molar-refractivity contribution is 0.593. The van der Waals surface area contributed by atoms with Gasteiger partial charge in [-0.25, -0.2) is 4.98 Å². The molecule has 1 heterocycles. The first-order chi connectivity index (χ1) is 9.33. The Balaban J connectivity index is 2.06. The third kappa shape index (κ3) is 3.85. The van der Waals surface area contributed by atoms with Gasteiger partial charge in [0.05, 0.1) is 6.33 Å². The Kier molecular flexibility index (Phi) is 5.01. The Morgan fingerprint density at radius 3 is 2.89 bits per heavy atom. The number of rotatable bonds is 7. The predicted octanol–water partition coefficient (Wildman–Crippen LogP) is 4.25. The van der Waals surface area contributed by atoms with Crippen LogP contribution in [0.4, 0.5) is 5.69 Å². The van der Waals surface area contributed by atoms with Gasteiger partial charge in [-0.05, 0) is 31.0 Å². The van der Waals surface area contributed by atoms with E-state index >= 15 is 0 Å². The first-order valence-corrected chi connectivity index (χ1v) is 7.18. The van der Waals surface area contributed by atoms with Crippen LogP contribution in [0.15, 0.2) is 43.0 Å². The summed E-state index contributed by atoms with van der Waals surface area (Å²) in [6.45, 7) is 4.49. The molecule has 2 aromatic rings. The van der Waals surface area contributed by atoms with E-state index in [4.69, 9.17) is 0 Å². The largest absolute Gasteiger partial charge is 0.382 e. The number of hydrogen-bond donors (Lipinski definition) is 1. The smallest absolute Gasteiger partial charge is 0.0991 e. The number of nitrogens with zero attached hydrogens (tertiary/aromatic N) is 2. The lowest BCUT2D eigenvalue weighted by Crippen LogP contribution is -2.18. The quantitative estimate of drug-likeness (QED) is 0.803. The average molecular weight is 257 g/mol. The minimum absolute atomic E-state index is 0.568. The second-order valence-electron chi connectivity index (χ2n) is 4.91. The van der Waals surface area contributed by atoms with Crippen molar-refractivity contribution >= 4 is 5.69 Å². The number of hydrogen-bond acceptors (Lipinski definition) is 2. The number of nitrogens with one attached hydrogen (secondary N) is 1. The SMILES string of the molecule is CCCCC(CC)Nc1cccc(-n2ccnc2)c1. The molecule has 1 N–H and O–H groups in total. The summed E-state index contributed by atoms with van der Waals surface area (Å²) in [4.78, 5) is 4.09. The normalized spacial score (nSPS) is 12.3. The number of aromatic nitrogens is 2. The van der Waals surface area contributed by atoms with Gasteiger partial charge in [-0.3, -0.25) is 0 Å². The zero-order valence-electron chi connectivity index (χ0n) is 11.8. The third-order valence-corrected chi connectivity index (χ3v) is 3.42. The van der Waals surface area contributed by atoms with E-state index in [0.29, 0.717) is 6.04 Å².